The van der Waals surface area contributed by atoms with E-state index >= 15 is 0 Å². The number of aryl methyl sites for hydroxylation is 1. The van der Waals surface area contributed by atoms with Gasteiger partial charge in [-0.15, -0.1) is 0 Å². The number of nitrogens with one attached hydrogen (secondary N) is 1. The Morgan fingerprint density at radius 2 is 2.44 bits per heavy atom. The molecule has 1 heterocycles. The number of nitrogens with zero attached hydrogens (tertiary/aromatic N) is 3. The van der Waals surface area contributed by atoms with Crippen LogP contribution in [0.2, 0.25) is 0 Å². The molecular weight excluding hydrogens is 208 g/mol. The zero-order chi connectivity index (χ0) is 11.8. The third-order valence-electron chi connectivity index (χ3n) is 2.03. The number of azide groups is 1. The molecule has 86 valence electrons. The quantitative estimate of drug-likeness (QED) is 0.346. The molecule has 1 amide bonds. The molecule has 6 heteroatoms. The van der Waals surface area contributed by atoms with Crippen LogP contribution < -0.4 is 5.32 Å². The van der Waals surface area contributed by atoms with Crippen LogP contribution in [-0.4, -0.2) is 19.0 Å². The molecule has 1 aromatic heterocycles. The molecule has 0 unspecified atom stereocenters. The van der Waals surface area contributed by atoms with Crippen molar-refractivity contribution in [2.45, 2.75) is 19.8 Å². The van der Waals surface area contributed by atoms with Gasteiger partial charge in [0.1, 0.15) is 12.0 Å². The van der Waals surface area contributed by atoms with Gasteiger partial charge in [-0.05, 0) is 31.4 Å². The summed E-state index contributed by atoms with van der Waals surface area (Å²) in [5.74, 6) is 0.578. The fourth-order valence-corrected chi connectivity index (χ4v) is 1.22. The Morgan fingerprint density at radius 3 is 3.06 bits per heavy atom. The van der Waals surface area contributed by atoms with E-state index in [1.165, 1.54) is 6.26 Å². The van der Waals surface area contributed by atoms with E-state index in [0.29, 0.717) is 24.4 Å². The first-order valence-corrected chi connectivity index (χ1v) is 5.08. The maximum Gasteiger partial charge on any atom is 0.254 e. The topological polar surface area (TPSA) is 91.0 Å². The molecule has 0 saturated carbocycles. The van der Waals surface area contributed by atoms with Crippen molar-refractivity contribution in [3.8, 4) is 0 Å². The molecule has 0 aromatic carbocycles. The van der Waals surface area contributed by atoms with Crippen LogP contribution in [0.15, 0.2) is 21.9 Å². The first-order chi connectivity index (χ1) is 7.74. The lowest BCUT2D eigenvalue weighted by atomic mass is 10.2. The fourth-order valence-electron chi connectivity index (χ4n) is 1.22. The van der Waals surface area contributed by atoms with Crippen LogP contribution in [0.4, 0.5) is 0 Å². The van der Waals surface area contributed by atoms with Crippen molar-refractivity contribution in [1.29, 1.82) is 0 Å². The second-order valence-corrected chi connectivity index (χ2v) is 3.36. The van der Waals surface area contributed by atoms with E-state index < -0.39 is 0 Å². The van der Waals surface area contributed by atoms with Gasteiger partial charge in [0, 0.05) is 18.0 Å². The average Bonchev–Trinajstić information content (AvgIpc) is 2.70. The minimum atomic E-state index is -0.138. The van der Waals surface area contributed by atoms with E-state index in [0.717, 1.165) is 12.8 Å². The lowest BCUT2D eigenvalue weighted by Crippen LogP contribution is -2.24. The molecule has 0 spiro atoms. The number of hydrogen-bond acceptors (Lipinski definition) is 3. The predicted octanol–water partition coefficient (Wildman–Crippen LogP) is 2.41. The number of amides is 1. The number of rotatable bonds is 6. The Balaban J connectivity index is 2.18. The van der Waals surface area contributed by atoms with Gasteiger partial charge in [0.25, 0.3) is 5.91 Å². The van der Waals surface area contributed by atoms with Gasteiger partial charge < -0.3 is 9.73 Å². The summed E-state index contributed by atoms with van der Waals surface area (Å²) in [7, 11) is 0. The average molecular weight is 222 g/mol. The van der Waals surface area contributed by atoms with Crippen LogP contribution in [0.1, 0.15) is 29.0 Å². The van der Waals surface area contributed by atoms with E-state index in [2.05, 4.69) is 15.3 Å². The van der Waals surface area contributed by atoms with E-state index in [9.17, 15) is 4.79 Å². The number of unbranched alkanes of at least 4 members (excludes halogenated alkanes) is 1. The van der Waals surface area contributed by atoms with Crippen LogP contribution in [0.5, 0.6) is 0 Å². The lowest BCUT2D eigenvalue weighted by molar-refractivity contribution is 0.0952. The van der Waals surface area contributed by atoms with Crippen molar-refractivity contribution in [2.75, 3.05) is 13.1 Å². The third kappa shape index (κ3) is 4.06. The zero-order valence-corrected chi connectivity index (χ0v) is 9.14. The Morgan fingerprint density at radius 1 is 1.62 bits per heavy atom. The molecule has 0 aliphatic heterocycles. The summed E-state index contributed by atoms with van der Waals surface area (Å²) in [6, 6.07) is 1.69. The van der Waals surface area contributed by atoms with E-state index in [1.54, 1.807) is 13.0 Å². The minimum Gasteiger partial charge on any atom is -0.469 e. The van der Waals surface area contributed by atoms with Crippen molar-refractivity contribution >= 4 is 5.91 Å². The van der Waals surface area contributed by atoms with E-state index in [-0.39, 0.29) is 5.91 Å². The molecule has 0 aliphatic rings. The number of carbonyl (C=O) groups is 1. The molecule has 0 atom stereocenters. The molecule has 0 saturated heterocycles. The summed E-state index contributed by atoms with van der Waals surface area (Å²) in [5.41, 5.74) is 8.57. The lowest BCUT2D eigenvalue weighted by Gasteiger charge is -2.01. The molecule has 0 bridgehead atoms. The summed E-state index contributed by atoms with van der Waals surface area (Å²) in [6.45, 7) is 2.83. The van der Waals surface area contributed by atoms with Gasteiger partial charge in [-0.3, -0.25) is 4.79 Å². The third-order valence-corrected chi connectivity index (χ3v) is 2.03. The van der Waals surface area contributed by atoms with Crippen molar-refractivity contribution in [3.05, 3.63) is 34.1 Å². The maximum absolute atomic E-state index is 11.5. The van der Waals surface area contributed by atoms with Crippen molar-refractivity contribution in [2.24, 2.45) is 5.11 Å². The van der Waals surface area contributed by atoms with E-state index in [4.69, 9.17) is 9.95 Å². The SMILES string of the molecule is Cc1cc(C(=O)NCCCCN=[N+]=[N-])co1. The summed E-state index contributed by atoms with van der Waals surface area (Å²) in [4.78, 5) is 14.1. The Bertz CT molecular complexity index is 393. The highest BCUT2D eigenvalue weighted by molar-refractivity contribution is 5.93. The standard InChI is InChI=1S/C10H14N4O2/c1-8-6-9(7-16-8)10(15)12-4-2-3-5-13-14-11/h6-7H,2-5H2,1H3,(H,12,15). The minimum absolute atomic E-state index is 0.138. The first-order valence-electron chi connectivity index (χ1n) is 5.08. The predicted molar refractivity (Wildman–Crippen MR) is 59.0 cm³/mol. The molecule has 0 aliphatic carbocycles. The summed E-state index contributed by atoms with van der Waals surface area (Å²) >= 11 is 0. The van der Waals surface area contributed by atoms with Crippen molar-refractivity contribution in [3.63, 3.8) is 0 Å². The Kier molecular flexibility index (Phi) is 4.95. The molecule has 0 fully saturated rings. The normalized spacial score (nSPS) is 9.56. The van der Waals surface area contributed by atoms with Gasteiger partial charge in [0.2, 0.25) is 0 Å². The summed E-state index contributed by atoms with van der Waals surface area (Å²) < 4.78 is 5.03. The summed E-state index contributed by atoms with van der Waals surface area (Å²) in [6.07, 6.45) is 3.00. The molecule has 16 heavy (non-hydrogen) atoms. The monoisotopic (exact) mass is 222 g/mol. The summed E-state index contributed by atoms with van der Waals surface area (Å²) in [5, 5.41) is 6.16. The number of hydrogen-bond donors (Lipinski definition) is 1. The molecular formula is C10H14N4O2. The van der Waals surface area contributed by atoms with Crippen LogP contribution in [0.25, 0.3) is 10.4 Å². The zero-order valence-electron chi connectivity index (χ0n) is 9.14. The van der Waals surface area contributed by atoms with Crippen molar-refractivity contribution < 1.29 is 9.21 Å². The smallest absolute Gasteiger partial charge is 0.254 e. The Labute approximate surface area is 93.3 Å². The molecule has 6 nitrogen and oxygen atoms in total. The second kappa shape index (κ2) is 6.53. The van der Waals surface area contributed by atoms with Crippen LogP contribution in [0, 0.1) is 6.92 Å². The maximum atomic E-state index is 11.5. The van der Waals surface area contributed by atoms with Gasteiger partial charge in [0.05, 0.1) is 5.56 Å². The van der Waals surface area contributed by atoms with Gasteiger partial charge in [-0.25, -0.2) is 0 Å². The largest absolute Gasteiger partial charge is 0.469 e. The fraction of sp³-hybridized carbons (Fsp3) is 0.500. The van der Waals surface area contributed by atoms with Gasteiger partial charge in [-0.1, -0.05) is 5.11 Å². The van der Waals surface area contributed by atoms with Crippen LogP contribution in [0.3, 0.4) is 0 Å². The van der Waals surface area contributed by atoms with Gasteiger partial charge >= 0.3 is 0 Å². The van der Waals surface area contributed by atoms with Crippen molar-refractivity contribution in [1.82, 2.24) is 5.32 Å². The van der Waals surface area contributed by atoms with Crippen LogP contribution in [-0.2, 0) is 0 Å². The first kappa shape index (κ1) is 12.1. The highest BCUT2D eigenvalue weighted by Gasteiger charge is 2.06. The van der Waals surface area contributed by atoms with Crippen LogP contribution >= 0.6 is 0 Å². The number of carbonyl (C=O) groups excluding carboxylic acids is 1. The highest BCUT2D eigenvalue weighted by Crippen LogP contribution is 2.05. The Hall–Kier alpha value is -1.94. The van der Waals surface area contributed by atoms with Gasteiger partial charge in [-0.2, -0.15) is 0 Å². The van der Waals surface area contributed by atoms with Gasteiger partial charge in [0.15, 0.2) is 0 Å². The highest BCUT2D eigenvalue weighted by atomic mass is 16.3. The molecule has 0 radical (unpaired) electrons. The second-order valence-electron chi connectivity index (χ2n) is 3.36. The molecule has 1 N–H and O–H groups in total. The molecule has 1 rings (SSSR count). The van der Waals surface area contributed by atoms with E-state index in [1.807, 2.05) is 0 Å². The molecule has 1 aromatic rings. The number of furan rings is 1.